The number of carbonyl (C=O) groups excluding carboxylic acids is 4. The van der Waals surface area contributed by atoms with Crippen LogP contribution in [0.4, 0.5) is 0 Å². The first-order valence-corrected chi connectivity index (χ1v) is 19.5. The lowest BCUT2D eigenvalue weighted by Crippen LogP contribution is -2.58. The lowest BCUT2D eigenvalue weighted by molar-refractivity contribution is -0.149. The number of likely N-dealkylation sites (tertiary alicyclic amines) is 1. The van der Waals surface area contributed by atoms with Crippen molar-refractivity contribution in [2.75, 3.05) is 27.7 Å². The molecule has 1 aliphatic heterocycles. The summed E-state index contributed by atoms with van der Waals surface area (Å²) in [6.45, 7) is 11.6. The molecule has 1 aromatic heterocycles. The number of ether oxygens (including phenoxy) is 2. The minimum Gasteiger partial charge on any atom is -0.497 e. The lowest BCUT2D eigenvalue weighted by Gasteiger charge is -2.38. The predicted octanol–water partition coefficient (Wildman–Crippen LogP) is 5.10. The van der Waals surface area contributed by atoms with E-state index < -0.39 is 48.0 Å². The number of piperidine rings is 1. The van der Waals surface area contributed by atoms with E-state index in [9.17, 15) is 29.1 Å². The Labute approximate surface area is 318 Å². The molecule has 0 bridgehead atoms. The van der Waals surface area contributed by atoms with E-state index in [4.69, 9.17) is 9.47 Å². The maximum atomic E-state index is 14.2. The summed E-state index contributed by atoms with van der Waals surface area (Å²) in [5.74, 6) is -2.52. The normalized spacial score (nSPS) is 18.2. The number of hydrogen-bond donors (Lipinski definition) is 3. The molecule has 294 valence electrons. The van der Waals surface area contributed by atoms with Gasteiger partial charge in [-0.2, -0.15) is 0 Å². The van der Waals surface area contributed by atoms with Gasteiger partial charge in [-0.1, -0.05) is 59.6 Å². The summed E-state index contributed by atoms with van der Waals surface area (Å²) in [5, 5.41) is 17.6. The van der Waals surface area contributed by atoms with Gasteiger partial charge < -0.3 is 30.1 Å². The third-order valence-corrected chi connectivity index (χ3v) is 11.2. The fourth-order valence-corrected chi connectivity index (χ4v) is 7.62. The number of esters is 1. The van der Waals surface area contributed by atoms with Crippen LogP contribution in [-0.4, -0.2) is 101 Å². The number of methoxy groups -OCH3 is 1. The molecule has 1 saturated heterocycles. The molecule has 1 aliphatic rings. The molecule has 13 nitrogen and oxygen atoms in total. The second-order valence-corrected chi connectivity index (χ2v) is 15.6. The summed E-state index contributed by atoms with van der Waals surface area (Å²) in [7, 11) is 5.23. The predicted molar refractivity (Wildman–Crippen MR) is 204 cm³/mol. The van der Waals surface area contributed by atoms with Crippen LogP contribution in [0.3, 0.4) is 0 Å². The van der Waals surface area contributed by atoms with Crippen LogP contribution in [0.25, 0.3) is 0 Å². The molecule has 1 aromatic carbocycles. The van der Waals surface area contributed by atoms with Crippen LogP contribution < -0.4 is 15.4 Å². The van der Waals surface area contributed by atoms with E-state index in [1.165, 1.54) is 18.3 Å². The number of aromatic nitrogens is 1. The highest BCUT2D eigenvalue weighted by molar-refractivity contribution is 7.09. The molecule has 1 fully saturated rings. The molecule has 3 rings (SSSR count). The number of benzene rings is 1. The van der Waals surface area contributed by atoms with Gasteiger partial charge in [-0.3, -0.25) is 28.9 Å². The lowest BCUT2D eigenvalue weighted by atomic mass is 9.92. The zero-order chi connectivity index (χ0) is 39.4. The maximum absolute atomic E-state index is 14.2. The number of carbonyl (C=O) groups is 5. The Morgan fingerprint density at radius 1 is 1.06 bits per heavy atom. The van der Waals surface area contributed by atoms with Crippen molar-refractivity contribution in [1.82, 2.24) is 25.4 Å². The zero-order valence-electron chi connectivity index (χ0n) is 32.7. The van der Waals surface area contributed by atoms with Crippen LogP contribution in [0, 0.1) is 17.8 Å². The monoisotopic (exact) mass is 757 g/mol. The number of carboxylic acids is 1. The van der Waals surface area contributed by atoms with Gasteiger partial charge in [-0.05, 0) is 68.8 Å². The van der Waals surface area contributed by atoms with E-state index in [-0.39, 0.29) is 48.2 Å². The smallest absolute Gasteiger partial charge is 0.306 e. The number of hydrogen-bond acceptors (Lipinski definition) is 10. The minimum atomic E-state index is -0.961. The van der Waals surface area contributed by atoms with Crippen molar-refractivity contribution in [1.29, 1.82) is 0 Å². The Bertz CT molecular complexity index is 1530. The van der Waals surface area contributed by atoms with E-state index >= 15 is 0 Å². The van der Waals surface area contributed by atoms with Crippen LogP contribution in [0.5, 0.6) is 5.75 Å². The molecule has 3 amide bonds. The van der Waals surface area contributed by atoms with E-state index in [1.54, 1.807) is 31.4 Å². The van der Waals surface area contributed by atoms with E-state index in [0.717, 1.165) is 31.4 Å². The number of carboxylic acid groups (broad SMARTS) is 1. The summed E-state index contributed by atoms with van der Waals surface area (Å²) >= 11 is 1.17. The zero-order valence-corrected chi connectivity index (χ0v) is 33.5. The van der Waals surface area contributed by atoms with Crippen LogP contribution in [-0.2, 0) is 30.3 Å². The Balaban J connectivity index is 1.81. The third-order valence-electron chi connectivity index (χ3n) is 10.3. The van der Waals surface area contributed by atoms with Gasteiger partial charge in [-0.15, -0.1) is 11.3 Å². The van der Waals surface area contributed by atoms with Gasteiger partial charge in [0.15, 0.2) is 6.10 Å². The number of rotatable bonds is 19. The summed E-state index contributed by atoms with van der Waals surface area (Å²) in [4.78, 5) is 73.5. The van der Waals surface area contributed by atoms with Crippen molar-refractivity contribution < 1.29 is 38.6 Å². The fraction of sp³-hybridized carbons (Fsp3) is 0.641. The van der Waals surface area contributed by atoms with Crippen LogP contribution in [0.2, 0.25) is 0 Å². The quantitative estimate of drug-likeness (QED) is 0.164. The first kappa shape index (κ1) is 43.4. The van der Waals surface area contributed by atoms with E-state index in [0.29, 0.717) is 23.6 Å². The SMILES string of the molecule is CCC(C)[C@H](NC(=O)C1CCCCN1C)C(=O)N(C)C(C[C@@H](OC(C)=O)c1nc(C(=O)N[C@@H](Cc2ccc(OC)cc2)C[C@H](C)C(=O)O)cs1)C(C)C. The number of amides is 3. The fourth-order valence-electron chi connectivity index (χ4n) is 6.78. The van der Waals surface area contributed by atoms with Gasteiger partial charge in [0.1, 0.15) is 22.5 Å². The van der Waals surface area contributed by atoms with Crippen molar-refractivity contribution in [2.24, 2.45) is 17.8 Å². The molecular formula is C39H59N5O8S. The van der Waals surface area contributed by atoms with Gasteiger partial charge in [0, 0.05) is 37.9 Å². The molecule has 0 saturated carbocycles. The Hall–Kier alpha value is -4.04. The molecule has 53 heavy (non-hydrogen) atoms. The average Bonchev–Trinajstić information content (AvgIpc) is 3.62. The first-order valence-electron chi connectivity index (χ1n) is 18.6. The topological polar surface area (TPSA) is 167 Å². The number of likely N-dealkylation sites (N-methyl/N-ethyl adjacent to an activating group) is 2. The van der Waals surface area contributed by atoms with Gasteiger partial charge in [0.25, 0.3) is 5.91 Å². The van der Waals surface area contributed by atoms with Crippen molar-refractivity contribution in [3.63, 3.8) is 0 Å². The van der Waals surface area contributed by atoms with E-state index in [2.05, 4.69) is 15.6 Å². The van der Waals surface area contributed by atoms with Crippen LogP contribution >= 0.6 is 11.3 Å². The number of nitrogens with zero attached hydrogens (tertiary/aromatic N) is 3. The summed E-state index contributed by atoms with van der Waals surface area (Å²) in [6, 6.07) is 5.44. The highest BCUT2D eigenvalue weighted by Crippen LogP contribution is 2.31. The van der Waals surface area contributed by atoms with Gasteiger partial charge >= 0.3 is 11.9 Å². The molecule has 0 spiro atoms. The standard InChI is InChI=1S/C39H59N5O8S/c1-10-24(4)34(42-36(47)31-13-11-12-18-43(31)7)38(48)44(8)32(23(2)3)21-33(52-26(6)45)37-41-30(22-53-37)35(46)40-28(19-25(5)39(49)50)20-27-14-16-29(51-9)17-15-27/h14-17,22-25,28,31-34H,10-13,18-21H2,1-9H3,(H,40,46)(H,42,47)(H,49,50)/t24?,25-,28+,31?,32?,33+,34-/m0/s1. The van der Waals surface area contributed by atoms with Crippen molar-refractivity contribution in [3.05, 3.63) is 45.9 Å². The van der Waals surface area contributed by atoms with Gasteiger partial charge in [0.05, 0.1) is 19.1 Å². The number of thiazole rings is 1. The highest BCUT2D eigenvalue weighted by atomic mass is 32.1. The molecule has 3 unspecified atom stereocenters. The van der Waals surface area contributed by atoms with Gasteiger partial charge in [0.2, 0.25) is 11.8 Å². The Morgan fingerprint density at radius 2 is 1.74 bits per heavy atom. The molecular weight excluding hydrogens is 699 g/mol. The Kier molecular flexibility index (Phi) is 16.7. The molecule has 7 atom stereocenters. The summed E-state index contributed by atoms with van der Waals surface area (Å²) in [6.07, 6.45) is 3.40. The maximum Gasteiger partial charge on any atom is 0.306 e. The number of aliphatic carboxylic acids is 1. The number of nitrogens with one attached hydrogen (secondary N) is 2. The second kappa shape index (κ2) is 20.4. The molecule has 2 aromatic rings. The third kappa shape index (κ3) is 12.5. The molecule has 0 radical (unpaired) electrons. The summed E-state index contributed by atoms with van der Waals surface area (Å²) < 4.78 is 11.0. The molecule has 2 heterocycles. The average molecular weight is 758 g/mol. The second-order valence-electron chi connectivity index (χ2n) is 14.7. The molecule has 0 aliphatic carbocycles. The summed E-state index contributed by atoms with van der Waals surface area (Å²) in [5.41, 5.74) is 1.01. The van der Waals surface area contributed by atoms with Crippen LogP contribution in [0.1, 0.15) is 107 Å². The van der Waals surface area contributed by atoms with E-state index in [1.807, 2.05) is 63.9 Å². The van der Waals surface area contributed by atoms with Crippen molar-refractivity contribution in [3.8, 4) is 5.75 Å². The highest BCUT2D eigenvalue weighted by Gasteiger charge is 2.37. The van der Waals surface area contributed by atoms with Crippen LogP contribution in [0.15, 0.2) is 29.6 Å². The van der Waals surface area contributed by atoms with Crippen molar-refractivity contribution >= 4 is 41.0 Å². The first-order chi connectivity index (χ1) is 25.1. The molecule has 14 heteroatoms. The largest absolute Gasteiger partial charge is 0.497 e. The minimum absolute atomic E-state index is 0.0579. The van der Waals surface area contributed by atoms with Crippen molar-refractivity contribution in [2.45, 2.75) is 117 Å². The Morgan fingerprint density at radius 3 is 2.30 bits per heavy atom. The molecule has 3 N–H and O–H groups in total. The van der Waals surface area contributed by atoms with Gasteiger partial charge in [-0.25, -0.2) is 4.98 Å².